The normalized spacial score (nSPS) is 26.3. The SMILES string of the molecule is CC(NCC1CCCO1)C(C)(C)C. The van der Waals surface area contributed by atoms with Crippen LogP contribution >= 0.6 is 0 Å². The average molecular weight is 185 g/mol. The molecule has 2 atom stereocenters. The molecule has 1 heterocycles. The Kier molecular flexibility index (Phi) is 3.74. The van der Waals surface area contributed by atoms with Crippen LogP contribution < -0.4 is 5.32 Å². The standard InChI is InChI=1S/C11H23NO/c1-9(11(2,3)4)12-8-10-6-5-7-13-10/h9-10,12H,5-8H2,1-4H3. The molecule has 2 heteroatoms. The van der Waals surface area contributed by atoms with Gasteiger partial charge in [0.15, 0.2) is 0 Å². The molecular weight excluding hydrogens is 162 g/mol. The van der Waals surface area contributed by atoms with Crippen molar-refractivity contribution in [3.05, 3.63) is 0 Å². The molecular formula is C11H23NO. The summed E-state index contributed by atoms with van der Waals surface area (Å²) in [6, 6.07) is 0.552. The number of rotatable bonds is 3. The third kappa shape index (κ3) is 3.65. The Morgan fingerprint density at radius 3 is 2.62 bits per heavy atom. The molecule has 1 aliphatic rings. The second-order valence-corrected chi connectivity index (χ2v) is 5.13. The lowest BCUT2D eigenvalue weighted by atomic mass is 9.88. The van der Waals surface area contributed by atoms with Gasteiger partial charge in [-0.1, -0.05) is 20.8 Å². The molecule has 0 aromatic rings. The summed E-state index contributed by atoms with van der Waals surface area (Å²) in [5, 5.41) is 3.54. The largest absolute Gasteiger partial charge is 0.377 e. The van der Waals surface area contributed by atoms with Crippen LogP contribution in [0.15, 0.2) is 0 Å². The molecule has 0 bridgehead atoms. The van der Waals surface area contributed by atoms with Gasteiger partial charge in [0.1, 0.15) is 0 Å². The quantitative estimate of drug-likeness (QED) is 0.727. The fourth-order valence-corrected chi connectivity index (χ4v) is 1.42. The first kappa shape index (κ1) is 11.0. The molecule has 1 N–H and O–H groups in total. The van der Waals surface area contributed by atoms with Gasteiger partial charge in [0.05, 0.1) is 6.10 Å². The lowest BCUT2D eigenvalue weighted by Crippen LogP contribution is -2.41. The van der Waals surface area contributed by atoms with E-state index < -0.39 is 0 Å². The highest BCUT2D eigenvalue weighted by Gasteiger charge is 2.22. The Bertz CT molecular complexity index is 145. The van der Waals surface area contributed by atoms with E-state index in [0.29, 0.717) is 17.6 Å². The predicted octanol–water partition coefficient (Wildman–Crippen LogP) is 2.19. The summed E-state index contributed by atoms with van der Waals surface area (Å²) in [6.07, 6.45) is 2.92. The third-order valence-electron chi connectivity index (χ3n) is 2.97. The minimum atomic E-state index is 0.346. The first-order chi connectivity index (χ1) is 6.00. The van der Waals surface area contributed by atoms with Crippen molar-refractivity contribution in [2.24, 2.45) is 5.41 Å². The molecule has 0 aliphatic carbocycles. The van der Waals surface area contributed by atoms with Gasteiger partial charge in [-0.05, 0) is 25.2 Å². The van der Waals surface area contributed by atoms with Crippen molar-refractivity contribution in [3.63, 3.8) is 0 Å². The van der Waals surface area contributed by atoms with Gasteiger partial charge in [-0.25, -0.2) is 0 Å². The maximum Gasteiger partial charge on any atom is 0.0700 e. The Morgan fingerprint density at radius 2 is 2.15 bits per heavy atom. The van der Waals surface area contributed by atoms with Gasteiger partial charge in [0.2, 0.25) is 0 Å². The van der Waals surface area contributed by atoms with Gasteiger partial charge >= 0.3 is 0 Å². The number of hydrogen-bond acceptors (Lipinski definition) is 2. The Morgan fingerprint density at radius 1 is 1.46 bits per heavy atom. The highest BCUT2D eigenvalue weighted by Crippen LogP contribution is 2.19. The molecule has 1 fully saturated rings. The third-order valence-corrected chi connectivity index (χ3v) is 2.97. The highest BCUT2D eigenvalue weighted by molar-refractivity contribution is 4.78. The molecule has 2 nitrogen and oxygen atoms in total. The average Bonchev–Trinajstić information content (AvgIpc) is 2.50. The molecule has 0 aromatic carbocycles. The predicted molar refractivity (Wildman–Crippen MR) is 55.9 cm³/mol. The van der Waals surface area contributed by atoms with E-state index in [2.05, 4.69) is 33.0 Å². The first-order valence-electron chi connectivity index (χ1n) is 5.35. The van der Waals surface area contributed by atoms with Crippen molar-refractivity contribution in [1.82, 2.24) is 5.32 Å². The fourth-order valence-electron chi connectivity index (χ4n) is 1.42. The summed E-state index contributed by atoms with van der Waals surface area (Å²) in [4.78, 5) is 0. The summed E-state index contributed by atoms with van der Waals surface area (Å²) >= 11 is 0. The van der Waals surface area contributed by atoms with E-state index in [-0.39, 0.29) is 0 Å². The van der Waals surface area contributed by atoms with Crippen molar-refractivity contribution in [3.8, 4) is 0 Å². The molecule has 13 heavy (non-hydrogen) atoms. The molecule has 0 radical (unpaired) electrons. The van der Waals surface area contributed by atoms with E-state index in [1.54, 1.807) is 0 Å². The van der Waals surface area contributed by atoms with Crippen molar-refractivity contribution < 1.29 is 4.74 Å². The number of nitrogens with one attached hydrogen (secondary N) is 1. The zero-order valence-electron chi connectivity index (χ0n) is 9.39. The summed E-state index contributed by atoms with van der Waals surface area (Å²) in [7, 11) is 0. The number of hydrogen-bond donors (Lipinski definition) is 1. The zero-order chi connectivity index (χ0) is 9.90. The Hall–Kier alpha value is -0.0800. The molecule has 78 valence electrons. The van der Waals surface area contributed by atoms with Crippen LogP contribution in [-0.4, -0.2) is 25.3 Å². The number of ether oxygens (including phenoxy) is 1. The van der Waals surface area contributed by atoms with Crippen LogP contribution in [-0.2, 0) is 4.74 Å². The smallest absolute Gasteiger partial charge is 0.0700 e. The van der Waals surface area contributed by atoms with Crippen molar-refractivity contribution >= 4 is 0 Å². The Labute approximate surface area is 82.0 Å². The van der Waals surface area contributed by atoms with Gasteiger partial charge in [-0.15, -0.1) is 0 Å². The molecule has 1 aliphatic heterocycles. The van der Waals surface area contributed by atoms with E-state index in [0.717, 1.165) is 13.2 Å². The molecule has 0 amide bonds. The minimum absolute atomic E-state index is 0.346. The van der Waals surface area contributed by atoms with Crippen LogP contribution in [0, 0.1) is 5.41 Å². The monoisotopic (exact) mass is 185 g/mol. The summed E-state index contributed by atoms with van der Waals surface area (Å²) in [6.45, 7) is 11.0. The van der Waals surface area contributed by atoms with Gasteiger partial charge < -0.3 is 10.1 Å². The lowest BCUT2D eigenvalue weighted by Gasteiger charge is -2.29. The van der Waals surface area contributed by atoms with Crippen molar-refractivity contribution in [1.29, 1.82) is 0 Å². The van der Waals surface area contributed by atoms with E-state index in [1.807, 2.05) is 0 Å². The van der Waals surface area contributed by atoms with Gasteiger partial charge in [0.25, 0.3) is 0 Å². The molecule has 1 saturated heterocycles. The van der Waals surface area contributed by atoms with E-state index >= 15 is 0 Å². The molecule has 0 spiro atoms. The second kappa shape index (κ2) is 4.43. The lowest BCUT2D eigenvalue weighted by molar-refractivity contribution is 0.103. The van der Waals surface area contributed by atoms with Gasteiger partial charge in [-0.3, -0.25) is 0 Å². The van der Waals surface area contributed by atoms with E-state index in [9.17, 15) is 0 Å². The Balaban J connectivity index is 2.17. The van der Waals surface area contributed by atoms with Gasteiger partial charge in [0, 0.05) is 19.2 Å². The molecule has 0 aromatic heterocycles. The van der Waals surface area contributed by atoms with E-state index in [4.69, 9.17) is 4.74 Å². The molecule has 0 saturated carbocycles. The topological polar surface area (TPSA) is 21.3 Å². The van der Waals surface area contributed by atoms with Crippen molar-refractivity contribution in [2.45, 2.75) is 52.7 Å². The van der Waals surface area contributed by atoms with Crippen LogP contribution in [0.4, 0.5) is 0 Å². The van der Waals surface area contributed by atoms with Gasteiger partial charge in [-0.2, -0.15) is 0 Å². The van der Waals surface area contributed by atoms with Crippen LogP contribution in [0.1, 0.15) is 40.5 Å². The fraction of sp³-hybridized carbons (Fsp3) is 1.00. The summed E-state index contributed by atoms with van der Waals surface area (Å²) < 4.78 is 5.55. The highest BCUT2D eigenvalue weighted by atomic mass is 16.5. The first-order valence-corrected chi connectivity index (χ1v) is 5.35. The van der Waals surface area contributed by atoms with Crippen LogP contribution in [0.5, 0.6) is 0 Å². The van der Waals surface area contributed by atoms with Crippen molar-refractivity contribution in [2.75, 3.05) is 13.2 Å². The van der Waals surface area contributed by atoms with Crippen LogP contribution in [0.3, 0.4) is 0 Å². The van der Waals surface area contributed by atoms with E-state index in [1.165, 1.54) is 12.8 Å². The maximum absolute atomic E-state index is 5.55. The van der Waals surface area contributed by atoms with Crippen LogP contribution in [0.2, 0.25) is 0 Å². The van der Waals surface area contributed by atoms with Crippen LogP contribution in [0.25, 0.3) is 0 Å². The summed E-state index contributed by atoms with van der Waals surface area (Å²) in [5.41, 5.74) is 0.346. The minimum Gasteiger partial charge on any atom is -0.377 e. The molecule has 2 unspecified atom stereocenters. The summed E-state index contributed by atoms with van der Waals surface area (Å²) in [5.74, 6) is 0. The maximum atomic E-state index is 5.55. The molecule has 1 rings (SSSR count). The second-order valence-electron chi connectivity index (χ2n) is 5.13. The zero-order valence-corrected chi connectivity index (χ0v) is 9.39.